The van der Waals surface area contributed by atoms with E-state index in [9.17, 15) is 0 Å². The summed E-state index contributed by atoms with van der Waals surface area (Å²) in [5, 5.41) is 3.27. The third-order valence-electron chi connectivity index (χ3n) is 2.35. The number of nitrogens with two attached hydrogens (primary N) is 1. The molecular weight excluding hydrogens is 192 g/mol. The van der Waals surface area contributed by atoms with Crippen LogP contribution in [-0.4, -0.2) is 25.9 Å². The van der Waals surface area contributed by atoms with Gasteiger partial charge in [-0.15, -0.1) is 0 Å². The minimum absolute atomic E-state index is 0.101. The van der Waals surface area contributed by atoms with Gasteiger partial charge in [0.25, 0.3) is 0 Å². The van der Waals surface area contributed by atoms with Gasteiger partial charge in [-0.25, -0.2) is 0 Å². The molecule has 1 heterocycles. The number of rotatable bonds is 2. The van der Waals surface area contributed by atoms with Crippen molar-refractivity contribution in [2.45, 2.75) is 13.0 Å². The Bertz CT molecular complexity index is 341. The molecule has 0 fully saturated rings. The van der Waals surface area contributed by atoms with Crippen molar-refractivity contribution < 1.29 is 9.47 Å². The number of nitrogen functional groups attached to an aromatic ring is 1. The third-order valence-corrected chi connectivity index (χ3v) is 2.35. The maximum absolute atomic E-state index is 5.70. The molecule has 4 nitrogen and oxygen atoms in total. The summed E-state index contributed by atoms with van der Waals surface area (Å²) in [5.41, 5.74) is 7.38. The molecule has 0 aliphatic carbocycles. The van der Waals surface area contributed by atoms with Crippen LogP contribution in [0.2, 0.25) is 0 Å². The Morgan fingerprint density at radius 1 is 1.60 bits per heavy atom. The first-order chi connectivity index (χ1) is 7.29. The lowest BCUT2D eigenvalue weighted by atomic mass is 10.2. The molecule has 3 N–H and O–H groups in total. The summed E-state index contributed by atoms with van der Waals surface area (Å²) >= 11 is 0. The highest BCUT2D eigenvalue weighted by molar-refractivity contribution is 5.63. The molecule has 2 rings (SSSR count). The summed E-state index contributed by atoms with van der Waals surface area (Å²) in [6.07, 6.45) is 0.101. The minimum Gasteiger partial charge on any atom is -0.489 e. The largest absolute Gasteiger partial charge is 0.489 e. The van der Waals surface area contributed by atoms with Gasteiger partial charge in [-0.05, 0) is 25.1 Å². The Hall–Kier alpha value is -1.42. The molecule has 15 heavy (non-hydrogen) atoms. The third kappa shape index (κ3) is 2.33. The molecule has 82 valence electrons. The molecule has 0 amide bonds. The van der Waals surface area contributed by atoms with Crippen molar-refractivity contribution >= 4 is 11.4 Å². The summed E-state index contributed by atoms with van der Waals surface area (Å²) in [4.78, 5) is 0. The van der Waals surface area contributed by atoms with Gasteiger partial charge in [0.15, 0.2) is 0 Å². The van der Waals surface area contributed by atoms with E-state index in [0.717, 1.165) is 23.7 Å². The predicted molar refractivity (Wildman–Crippen MR) is 60.3 cm³/mol. The number of nitrogens with one attached hydrogen (secondary N) is 1. The highest BCUT2D eigenvalue weighted by Crippen LogP contribution is 2.28. The predicted octanol–water partition coefficient (Wildman–Crippen LogP) is 1.48. The molecule has 1 atom stereocenters. The summed E-state index contributed by atoms with van der Waals surface area (Å²) < 4.78 is 11.1. The normalized spacial score (nSPS) is 19.7. The molecular formula is C11H16N2O2. The molecule has 4 heteroatoms. The molecule has 0 spiro atoms. The highest BCUT2D eigenvalue weighted by atomic mass is 16.5. The smallest absolute Gasteiger partial charge is 0.142 e. The molecule has 1 aliphatic heterocycles. The van der Waals surface area contributed by atoms with E-state index in [-0.39, 0.29) is 6.10 Å². The van der Waals surface area contributed by atoms with Crippen LogP contribution in [-0.2, 0) is 4.74 Å². The zero-order valence-electron chi connectivity index (χ0n) is 8.82. The van der Waals surface area contributed by atoms with Gasteiger partial charge in [-0.3, -0.25) is 0 Å². The van der Waals surface area contributed by atoms with Crippen LogP contribution in [0.5, 0.6) is 5.75 Å². The average Bonchev–Trinajstić information content (AvgIpc) is 2.42. The number of ether oxygens (including phenoxy) is 2. The fourth-order valence-corrected chi connectivity index (χ4v) is 1.62. The first-order valence-electron chi connectivity index (χ1n) is 5.17. The second-order valence-electron chi connectivity index (χ2n) is 3.52. The monoisotopic (exact) mass is 208 g/mol. The zero-order chi connectivity index (χ0) is 10.7. The molecule has 1 aliphatic rings. The molecule has 1 aromatic rings. The van der Waals surface area contributed by atoms with E-state index < -0.39 is 0 Å². The molecule has 1 aromatic carbocycles. The standard InChI is InChI=1S/C11H16N2O2/c1-2-14-9-6-13-10-5-8(12)3-4-11(10)15-7-9/h3-5,9,13H,2,6-7,12H2,1H3/t9-/m0/s1. The van der Waals surface area contributed by atoms with E-state index in [1.165, 1.54) is 0 Å². The van der Waals surface area contributed by atoms with Gasteiger partial charge in [0.05, 0.1) is 5.69 Å². The van der Waals surface area contributed by atoms with Gasteiger partial charge in [-0.1, -0.05) is 0 Å². The van der Waals surface area contributed by atoms with Crippen LogP contribution in [0.25, 0.3) is 0 Å². The summed E-state index contributed by atoms with van der Waals surface area (Å²) in [6, 6.07) is 5.59. The van der Waals surface area contributed by atoms with Crippen LogP contribution in [0, 0.1) is 0 Å². The SMILES string of the molecule is CCO[C@H]1CNc2cc(N)ccc2OC1. The molecule has 0 unspecified atom stereocenters. The Morgan fingerprint density at radius 2 is 2.47 bits per heavy atom. The maximum Gasteiger partial charge on any atom is 0.142 e. The molecule has 0 radical (unpaired) electrons. The fraction of sp³-hybridized carbons (Fsp3) is 0.455. The van der Waals surface area contributed by atoms with Crippen LogP contribution in [0.4, 0.5) is 11.4 Å². The Kier molecular flexibility index (Phi) is 2.97. The van der Waals surface area contributed by atoms with E-state index in [2.05, 4.69) is 5.32 Å². The van der Waals surface area contributed by atoms with Gasteiger partial charge in [-0.2, -0.15) is 0 Å². The van der Waals surface area contributed by atoms with Crippen molar-refractivity contribution in [2.75, 3.05) is 30.8 Å². The molecule has 0 bridgehead atoms. The van der Waals surface area contributed by atoms with Gasteiger partial charge in [0.1, 0.15) is 18.5 Å². The second kappa shape index (κ2) is 4.40. The van der Waals surface area contributed by atoms with E-state index in [4.69, 9.17) is 15.2 Å². The quantitative estimate of drug-likeness (QED) is 0.723. The summed E-state index contributed by atoms with van der Waals surface area (Å²) in [6.45, 7) is 4.02. The average molecular weight is 208 g/mol. The lowest BCUT2D eigenvalue weighted by Crippen LogP contribution is -2.27. The molecule has 0 saturated carbocycles. The zero-order valence-corrected chi connectivity index (χ0v) is 8.82. The van der Waals surface area contributed by atoms with E-state index in [1.807, 2.05) is 25.1 Å². The Morgan fingerprint density at radius 3 is 3.27 bits per heavy atom. The van der Waals surface area contributed by atoms with Crippen molar-refractivity contribution in [2.24, 2.45) is 0 Å². The Labute approximate surface area is 89.4 Å². The van der Waals surface area contributed by atoms with Crippen molar-refractivity contribution in [1.82, 2.24) is 0 Å². The maximum atomic E-state index is 5.70. The number of hydrogen-bond acceptors (Lipinski definition) is 4. The summed E-state index contributed by atoms with van der Waals surface area (Å²) in [5.74, 6) is 0.839. The number of anilines is 2. The first-order valence-corrected chi connectivity index (χ1v) is 5.17. The number of hydrogen-bond donors (Lipinski definition) is 2. The van der Waals surface area contributed by atoms with Crippen molar-refractivity contribution in [1.29, 1.82) is 0 Å². The molecule has 0 aromatic heterocycles. The van der Waals surface area contributed by atoms with E-state index >= 15 is 0 Å². The van der Waals surface area contributed by atoms with Crippen LogP contribution in [0.1, 0.15) is 6.92 Å². The topological polar surface area (TPSA) is 56.5 Å². The van der Waals surface area contributed by atoms with Crippen LogP contribution >= 0.6 is 0 Å². The highest BCUT2D eigenvalue weighted by Gasteiger charge is 2.16. The van der Waals surface area contributed by atoms with Crippen molar-refractivity contribution in [3.63, 3.8) is 0 Å². The fourth-order valence-electron chi connectivity index (χ4n) is 1.62. The van der Waals surface area contributed by atoms with Crippen molar-refractivity contribution in [3.05, 3.63) is 18.2 Å². The lowest BCUT2D eigenvalue weighted by molar-refractivity contribution is 0.0393. The van der Waals surface area contributed by atoms with Crippen molar-refractivity contribution in [3.8, 4) is 5.75 Å². The van der Waals surface area contributed by atoms with Gasteiger partial charge >= 0.3 is 0 Å². The van der Waals surface area contributed by atoms with Gasteiger partial charge in [0.2, 0.25) is 0 Å². The second-order valence-corrected chi connectivity index (χ2v) is 3.52. The van der Waals surface area contributed by atoms with E-state index in [0.29, 0.717) is 13.2 Å². The minimum atomic E-state index is 0.101. The van der Waals surface area contributed by atoms with Crippen LogP contribution < -0.4 is 15.8 Å². The van der Waals surface area contributed by atoms with Crippen LogP contribution in [0.15, 0.2) is 18.2 Å². The lowest BCUT2D eigenvalue weighted by Gasteiger charge is -2.13. The van der Waals surface area contributed by atoms with Gasteiger partial charge in [0, 0.05) is 18.8 Å². The van der Waals surface area contributed by atoms with E-state index in [1.54, 1.807) is 0 Å². The van der Waals surface area contributed by atoms with Gasteiger partial charge < -0.3 is 20.5 Å². The first kappa shape index (κ1) is 10.1. The Balaban J connectivity index is 2.11. The van der Waals surface area contributed by atoms with Crippen LogP contribution in [0.3, 0.4) is 0 Å². The summed E-state index contributed by atoms with van der Waals surface area (Å²) in [7, 11) is 0. The molecule has 0 saturated heterocycles. The number of benzene rings is 1. The number of fused-ring (bicyclic) bond motifs is 1.